The summed E-state index contributed by atoms with van der Waals surface area (Å²) in [5.74, 6) is 0. The number of hydrogen-bond donors (Lipinski definition) is 0. The van der Waals surface area contributed by atoms with E-state index in [2.05, 4.69) is 86.4 Å². The van der Waals surface area contributed by atoms with Crippen LogP contribution < -0.4 is 4.57 Å². The Morgan fingerprint density at radius 1 is 1.08 bits per heavy atom. The van der Waals surface area contributed by atoms with E-state index in [0.717, 1.165) is 23.1 Å². The zero-order chi connectivity index (χ0) is 18.5. The smallest absolute Gasteiger partial charge is 0.212 e. The molecular weight excluding hydrogens is 318 g/mol. The van der Waals surface area contributed by atoms with Crippen molar-refractivity contribution in [2.75, 3.05) is 0 Å². The molecule has 132 valence electrons. The van der Waals surface area contributed by atoms with Gasteiger partial charge in [0.15, 0.2) is 6.20 Å². The monoisotopic (exact) mass is 344 g/mol. The number of rotatable bonds is 2. The molecule has 0 aliphatic heterocycles. The van der Waals surface area contributed by atoms with Crippen LogP contribution in [0.3, 0.4) is 0 Å². The van der Waals surface area contributed by atoms with Gasteiger partial charge in [-0.25, -0.2) is 9.55 Å². The van der Waals surface area contributed by atoms with E-state index in [1.165, 1.54) is 22.4 Å². The highest BCUT2D eigenvalue weighted by atomic mass is 15.0. The summed E-state index contributed by atoms with van der Waals surface area (Å²) in [6, 6.07) is 15.2. The molecule has 1 aromatic carbocycles. The molecule has 0 saturated carbocycles. The van der Waals surface area contributed by atoms with Crippen LogP contribution >= 0.6 is 0 Å². The first-order valence-electron chi connectivity index (χ1n) is 9.18. The first-order chi connectivity index (χ1) is 12.3. The van der Waals surface area contributed by atoms with E-state index >= 15 is 0 Å². The highest BCUT2D eigenvalue weighted by Gasteiger charge is 2.18. The van der Waals surface area contributed by atoms with Crippen molar-refractivity contribution < 1.29 is 4.57 Å². The van der Waals surface area contributed by atoms with E-state index in [4.69, 9.17) is 4.98 Å². The normalized spacial score (nSPS) is 12.2. The van der Waals surface area contributed by atoms with Crippen LogP contribution in [-0.4, -0.2) is 9.38 Å². The number of fused-ring (bicyclic) bond motifs is 3. The SMILES string of the molecule is Cc1cc2c(cc1-c1cc(CC(C)(C)C)cc[n+]1C)nc1ccccn12. The Bertz CT molecular complexity index is 1110. The molecule has 0 N–H and O–H groups in total. The number of pyridine rings is 2. The summed E-state index contributed by atoms with van der Waals surface area (Å²) < 4.78 is 4.36. The van der Waals surface area contributed by atoms with E-state index in [1.54, 1.807) is 0 Å². The van der Waals surface area contributed by atoms with E-state index < -0.39 is 0 Å². The summed E-state index contributed by atoms with van der Waals surface area (Å²) in [4.78, 5) is 4.81. The highest BCUT2D eigenvalue weighted by molar-refractivity contribution is 5.86. The van der Waals surface area contributed by atoms with Gasteiger partial charge >= 0.3 is 0 Å². The number of hydrogen-bond acceptors (Lipinski definition) is 1. The average molecular weight is 344 g/mol. The minimum Gasteiger partial charge on any atom is -0.300 e. The van der Waals surface area contributed by atoms with E-state index in [0.29, 0.717) is 0 Å². The van der Waals surface area contributed by atoms with Crippen molar-refractivity contribution in [3.8, 4) is 11.3 Å². The summed E-state index contributed by atoms with van der Waals surface area (Å²) in [5.41, 5.74) is 8.60. The fraction of sp³-hybridized carbons (Fsp3) is 0.304. The fourth-order valence-corrected chi connectivity index (χ4v) is 3.70. The Morgan fingerprint density at radius 3 is 2.65 bits per heavy atom. The van der Waals surface area contributed by atoms with Gasteiger partial charge in [0.2, 0.25) is 5.69 Å². The maximum absolute atomic E-state index is 4.81. The number of benzene rings is 1. The molecule has 0 spiro atoms. The summed E-state index contributed by atoms with van der Waals surface area (Å²) in [7, 11) is 2.11. The summed E-state index contributed by atoms with van der Waals surface area (Å²) in [5, 5.41) is 0. The van der Waals surface area contributed by atoms with Gasteiger partial charge in [-0.3, -0.25) is 4.40 Å². The third kappa shape index (κ3) is 2.98. The van der Waals surface area contributed by atoms with Crippen LogP contribution in [0.1, 0.15) is 31.9 Å². The molecule has 0 bridgehead atoms. The van der Waals surface area contributed by atoms with Gasteiger partial charge in [0.05, 0.1) is 16.6 Å². The third-order valence-electron chi connectivity index (χ3n) is 4.88. The molecule has 0 radical (unpaired) electrons. The van der Waals surface area contributed by atoms with Gasteiger partial charge in [-0.2, -0.15) is 0 Å². The molecule has 3 aromatic heterocycles. The number of aryl methyl sites for hydroxylation is 2. The van der Waals surface area contributed by atoms with Gasteiger partial charge in [-0.05, 0) is 54.2 Å². The molecule has 0 aliphatic carbocycles. The van der Waals surface area contributed by atoms with Crippen molar-refractivity contribution in [2.45, 2.75) is 34.1 Å². The Balaban J connectivity index is 1.90. The molecule has 4 rings (SSSR count). The van der Waals surface area contributed by atoms with E-state index in [-0.39, 0.29) is 5.41 Å². The predicted molar refractivity (Wildman–Crippen MR) is 107 cm³/mol. The maximum atomic E-state index is 4.81. The van der Waals surface area contributed by atoms with Crippen LogP contribution in [0.2, 0.25) is 0 Å². The largest absolute Gasteiger partial charge is 0.300 e. The lowest BCUT2D eigenvalue weighted by atomic mass is 9.88. The molecule has 0 saturated heterocycles. The summed E-state index contributed by atoms with van der Waals surface area (Å²) >= 11 is 0. The first kappa shape index (κ1) is 16.8. The maximum Gasteiger partial charge on any atom is 0.212 e. The van der Waals surface area contributed by atoms with Crippen molar-refractivity contribution >= 4 is 16.7 Å². The first-order valence-corrected chi connectivity index (χ1v) is 9.18. The van der Waals surface area contributed by atoms with Gasteiger partial charge in [0.25, 0.3) is 0 Å². The molecule has 0 unspecified atom stereocenters. The van der Waals surface area contributed by atoms with Crippen molar-refractivity contribution in [1.82, 2.24) is 9.38 Å². The Hall–Kier alpha value is -2.68. The van der Waals surface area contributed by atoms with Crippen molar-refractivity contribution in [1.29, 1.82) is 0 Å². The van der Waals surface area contributed by atoms with Crippen molar-refractivity contribution in [3.05, 3.63) is 66.0 Å². The number of aromatic nitrogens is 3. The van der Waals surface area contributed by atoms with Gasteiger partial charge in [-0.1, -0.05) is 26.8 Å². The van der Waals surface area contributed by atoms with E-state index in [9.17, 15) is 0 Å². The predicted octanol–water partition coefficient (Wildman–Crippen LogP) is 4.88. The minimum absolute atomic E-state index is 0.276. The topological polar surface area (TPSA) is 21.2 Å². The molecule has 0 fully saturated rings. The lowest BCUT2D eigenvalue weighted by Gasteiger charge is -2.18. The molecule has 4 aromatic rings. The molecule has 26 heavy (non-hydrogen) atoms. The molecule has 3 heterocycles. The van der Waals surface area contributed by atoms with Crippen molar-refractivity contribution in [2.24, 2.45) is 12.5 Å². The molecule has 0 atom stereocenters. The van der Waals surface area contributed by atoms with Crippen LogP contribution in [0.4, 0.5) is 0 Å². The van der Waals surface area contributed by atoms with Gasteiger partial charge in [0.1, 0.15) is 12.7 Å². The van der Waals surface area contributed by atoms with Gasteiger partial charge in [-0.15, -0.1) is 0 Å². The second-order valence-electron chi connectivity index (χ2n) is 8.47. The lowest BCUT2D eigenvalue weighted by Crippen LogP contribution is -2.31. The summed E-state index contributed by atoms with van der Waals surface area (Å²) in [6.45, 7) is 9.04. The zero-order valence-corrected chi connectivity index (χ0v) is 16.2. The summed E-state index contributed by atoms with van der Waals surface area (Å²) in [6.07, 6.45) is 5.31. The Labute approximate surface area is 154 Å². The van der Waals surface area contributed by atoms with Crippen LogP contribution in [0.15, 0.2) is 54.9 Å². The van der Waals surface area contributed by atoms with Crippen LogP contribution in [0, 0.1) is 12.3 Å². The molecule has 3 nitrogen and oxygen atoms in total. The highest BCUT2D eigenvalue weighted by Crippen LogP contribution is 2.29. The lowest BCUT2D eigenvalue weighted by molar-refractivity contribution is -0.660. The second-order valence-corrected chi connectivity index (χ2v) is 8.47. The van der Waals surface area contributed by atoms with E-state index in [1.807, 2.05) is 12.1 Å². The fourth-order valence-electron chi connectivity index (χ4n) is 3.70. The van der Waals surface area contributed by atoms with Crippen molar-refractivity contribution in [3.63, 3.8) is 0 Å². The standard InChI is InChI=1S/C23H26N3/c1-16-12-21-19(24-22-8-6-7-10-26(21)22)14-18(16)20-13-17(9-11-25(20)5)15-23(2,3)4/h6-14H,15H2,1-5H3/q+1. The second kappa shape index (κ2) is 5.94. The van der Waals surface area contributed by atoms with Crippen LogP contribution in [-0.2, 0) is 13.5 Å². The number of nitrogens with zero attached hydrogens (tertiary/aromatic N) is 3. The Kier molecular flexibility index (Phi) is 3.83. The molecule has 3 heteroatoms. The third-order valence-corrected chi connectivity index (χ3v) is 4.88. The Morgan fingerprint density at radius 2 is 1.88 bits per heavy atom. The van der Waals surface area contributed by atoms with Gasteiger partial charge < -0.3 is 0 Å². The molecular formula is C23H26N3+. The van der Waals surface area contributed by atoms with Gasteiger partial charge in [0, 0.05) is 18.3 Å². The van der Waals surface area contributed by atoms with Crippen LogP contribution in [0.5, 0.6) is 0 Å². The number of imidazole rings is 1. The molecule has 0 aliphatic rings. The quantitative estimate of drug-likeness (QED) is 0.475. The average Bonchev–Trinajstić information content (AvgIpc) is 2.92. The minimum atomic E-state index is 0.276. The zero-order valence-electron chi connectivity index (χ0n) is 16.2. The van der Waals surface area contributed by atoms with Crippen LogP contribution in [0.25, 0.3) is 27.9 Å². The molecule has 0 amide bonds.